The SMILES string of the molecule is N#Cc1ccc(OCCCOCCc2cccs2)cc1. The summed E-state index contributed by atoms with van der Waals surface area (Å²) < 4.78 is 11.1. The molecule has 0 atom stereocenters. The molecule has 0 saturated heterocycles. The Morgan fingerprint density at radius 1 is 1.05 bits per heavy atom. The Labute approximate surface area is 123 Å². The van der Waals surface area contributed by atoms with Crippen LogP contribution in [0.3, 0.4) is 0 Å². The van der Waals surface area contributed by atoms with Crippen molar-refractivity contribution < 1.29 is 9.47 Å². The van der Waals surface area contributed by atoms with Crippen LogP contribution in [0.15, 0.2) is 41.8 Å². The van der Waals surface area contributed by atoms with Gasteiger partial charge in [0.2, 0.25) is 0 Å². The standard InChI is InChI=1S/C16H17NO2S/c17-13-14-4-6-15(7-5-14)19-10-2-9-18-11-8-16-3-1-12-20-16/h1,3-7,12H,2,8-11H2. The first-order valence-corrected chi connectivity index (χ1v) is 7.49. The van der Waals surface area contributed by atoms with E-state index in [0.29, 0.717) is 18.8 Å². The Hall–Kier alpha value is -1.83. The number of nitrogens with zero attached hydrogens (tertiary/aromatic N) is 1. The Morgan fingerprint density at radius 3 is 2.60 bits per heavy atom. The molecular formula is C16H17NO2S. The van der Waals surface area contributed by atoms with Crippen LogP contribution in [-0.4, -0.2) is 19.8 Å². The fraction of sp³-hybridized carbons (Fsp3) is 0.312. The first-order chi connectivity index (χ1) is 9.88. The summed E-state index contributed by atoms with van der Waals surface area (Å²) in [5.74, 6) is 0.794. The summed E-state index contributed by atoms with van der Waals surface area (Å²) in [5, 5.41) is 10.8. The lowest BCUT2D eigenvalue weighted by atomic mass is 10.2. The van der Waals surface area contributed by atoms with E-state index < -0.39 is 0 Å². The number of nitriles is 1. The van der Waals surface area contributed by atoms with Gasteiger partial charge in [0.15, 0.2) is 0 Å². The number of rotatable bonds is 8. The number of benzene rings is 1. The first kappa shape index (κ1) is 14.6. The van der Waals surface area contributed by atoms with Gasteiger partial charge in [-0.3, -0.25) is 0 Å². The van der Waals surface area contributed by atoms with Gasteiger partial charge in [-0.1, -0.05) is 6.07 Å². The largest absolute Gasteiger partial charge is 0.494 e. The lowest BCUT2D eigenvalue weighted by molar-refractivity contribution is 0.122. The quantitative estimate of drug-likeness (QED) is 0.696. The number of thiophene rings is 1. The van der Waals surface area contributed by atoms with Gasteiger partial charge < -0.3 is 9.47 Å². The summed E-state index contributed by atoms with van der Waals surface area (Å²) in [5.41, 5.74) is 0.647. The van der Waals surface area contributed by atoms with Crippen molar-refractivity contribution in [1.29, 1.82) is 5.26 Å². The third-order valence-electron chi connectivity index (χ3n) is 2.76. The molecule has 0 aliphatic heterocycles. The smallest absolute Gasteiger partial charge is 0.119 e. The third kappa shape index (κ3) is 5.04. The van der Waals surface area contributed by atoms with Crippen molar-refractivity contribution in [1.82, 2.24) is 0 Å². The Balaban J connectivity index is 1.52. The second kappa shape index (κ2) is 8.36. The molecule has 20 heavy (non-hydrogen) atoms. The van der Waals surface area contributed by atoms with E-state index >= 15 is 0 Å². The minimum Gasteiger partial charge on any atom is -0.494 e. The van der Waals surface area contributed by atoms with Crippen LogP contribution in [0.4, 0.5) is 0 Å². The third-order valence-corrected chi connectivity index (χ3v) is 3.69. The van der Waals surface area contributed by atoms with Gasteiger partial charge in [0.1, 0.15) is 5.75 Å². The fourth-order valence-corrected chi connectivity index (χ4v) is 2.40. The van der Waals surface area contributed by atoms with Gasteiger partial charge in [-0.05, 0) is 35.7 Å². The first-order valence-electron chi connectivity index (χ1n) is 6.61. The minimum absolute atomic E-state index is 0.630. The van der Waals surface area contributed by atoms with Gasteiger partial charge in [0.25, 0.3) is 0 Å². The predicted molar refractivity (Wildman–Crippen MR) is 80.1 cm³/mol. The summed E-state index contributed by atoms with van der Waals surface area (Å²) in [6.07, 6.45) is 1.85. The molecule has 104 valence electrons. The van der Waals surface area contributed by atoms with E-state index in [1.165, 1.54) is 4.88 Å². The van der Waals surface area contributed by atoms with Crippen LogP contribution < -0.4 is 4.74 Å². The van der Waals surface area contributed by atoms with E-state index in [2.05, 4.69) is 23.6 Å². The molecule has 0 aliphatic carbocycles. The maximum Gasteiger partial charge on any atom is 0.119 e. The van der Waals surface area contributed by atoms with Gasteiger partial charge in [-0.2, -0.15) is 5.26 Å². The van der Waals surface area contributed by atoms with Crippen LogP contribution in [0.5, 0.6) is 5.75 Å². The molecule has 0 spiro atoms. The van der Waals surface area contributed by atoms with Crippen molar-refractivity contribution >= 4 is 11.3 Å². The molecule has 0 radical (unpaired) electrons. The van der Waals surface area contributed by atoms with Crippen LogP contribution in [0.2, 0.25) is 0 Å². The molecule has 4 heteroatoms. The normalized spacial score (nSPS) is 10.2. The van der Waals surface area contributed by atoms with Crippen molar-refractivity contribution in [2.45, 2.75) is 12.8 Å². The van der Waals surface area contributed by atoms with Gasteiger partial charge in [-0.15, -0.1) is 11.3 Å². The highest BCUT2D eigenvalue weighted by atomic mass is 32.1. The van der Waals surface area contributed by atoms with Crippen LogP contribution in [-0.2, 0) is 11.2 Å². The Bertz CT molecular complexity index is 529. The van der Waals surface area contributed by atoms with E-state index in [0.717, 1.165) is 25.2 Å². The Morgan fingerprint density at radius 2 is 1.90 bits per heavy atom. The van der Waals surface area contributed by atoms with Gasteiger partial charge in [0, 0.05) is 24.3 Å². The van der Waals surface area contributed by atoms with Crippen molar-refractivity contribution in [3.8, 4) is 11.8 Å². The molecule has 0 N–H and O–H groups in total. The van der Waals surface area contributed by atoms with Crippen LogP contribution in [0.1, 0.15) is 16.9 Å². The number of ether oxygens (including phenoxy) is 2. The lowest BCUT2D eigenvalue weighted by Gasteiger charge is -2.06. The average molecular weight is 287 g/mol. The van der Waals surface area contributed by atoms with Gasteiger partial charge in [0.05, 0.1) is 24.8 Å². The van der Waals surface area contributed by atoms with Gasteiger partial charge >= 0.3 is 0 Å². The minimum atomic E-state index is 0.630. The maximum atomic E-state index is 8.69. The molecule has 0 unspecified atom stereocenters. The van der Waals surface area contributed by atoms with Crippen LogP contribution in [0, 0.1) is 11.3 Å². The zero-order chi connectivity index (χ0) is 14.0. The highest BCUT2D eigenvalue weighted by Gasteiger charge is 1.96. The fourth-order valence-electron chi connectivity index (χ4n) is 1.71. The molecule has 1 heterocycles. The summed E-state index contributed by atoms with van der Waals surface area (Å²) in [6, 6.07) is 13.4. The molecule has 0 bridgehead atoms. The monoisotopic (exact) mass is 287 g/mol. The van der Waals surface area contributed by atoms with Crippen molar-refractivity contribution in [3.63, 3.8) is 0 Å². The topological polar surface area (TPSA) is 42.2 Å². The second-order valence-corrected chi connectivity index (χ2v) is 5.31. The number of hydrogen-bond donors (Lipinski definition) is 0. The molecule has 2 aromatic rings. The molecule has 0 saturated carbocycles. The maximum absolute atomic E-state index is 8.69. The molecule has 0 fully saturated rings. The van der Waals surface area contributed by atoms with Crippen LogP contribution >= 0.6 is 11.3 Å². The molecule has 2 rings (SSSR count). The average Bonchev–Trinajstić information content (AvgIpc) is 3.00. The molecular weight excluding hydrogens is 270 g/mol. The molecule has 0 amide bonds. The lowest BCUT2D eigenvalue weighted by Crippen LogP contribution is -2.05. The van der Waals surface area contributed by atoms with E-state index in [-0.39, 0.29) is 0 Å². The predicted octanol–water partition coefficient (Wildman–Crippen LogP) is 3.65. The van der Waals surface area contributed by atoms with E-state index in [1.54, 1.807) is 23.5 Å². The zero-order valence-corrected chi connectivity index (χ0v) is 12.1. The summed E-state index contributed by atoms with van der Waals surface area (Å²) in [6.45, 7) is 2.10. The zero-order valence-electron chi connectivity index (χ0n) is 11.2. The molecule has 1 aromatic heterocycles. The number of hydrogen-bond acceptors (Lipinski definition) is 4. The van der Waals surface area contributed by atoms with Crippen LogP contribution in [0.25, 0.3) is 0 Å². The van der Waals surface area contributed by atoms with E-state index in [1.807, 2.05) is 12.1 Å². The molecule has 3 nitrogen and oxygen atoms in total. The van der Waals surface area contributed by atoms with Crippen molar-refractivity contribution in [2.75, 3.05) is 19.8 Å². The van der Waals surface area contributed by atoms with E-state index in [4.69, 9.17) is 14.7 Å². The summed E-state index contributed by atoms with van der Waals surface area (Å²) in [7, 11) is 0. The van der Waals surface area contributed by atoms with Crippen molar-refractivity contribution in [3.05, 3.63) is 52.2 Å². The Kier molecular flexibility index (Phi) is 6.09. The summed E-state index contributed by atoms with van der Waals surface area (Å²) in [4.78, 5) is 1.36. The molecule has 0 aliphatic rings. The summed E-state index contributed by atoms with van der Waals surface area (Å²) >= 11 is 1.76. The van der Waals surface area contributed by atoms with E-state index in [9.17, 15) is 0 Å². The highest BCUT2D eigenvalue weighted by molar-refractivity contribution is 7.09. The molecule has 1 aromatic carbocycles. The van der Waals surface area contributed by atoms with Gasteiger partial charge in [-0.25, -0.2) is 0 Å². The van der Waals surface area contributed by atoms with Crippen molar-refractivity contribution in [2.24, 2.45) is 0 Å². The highest BCUT2D eigenvalue weighted by Crippen LogP contribution is 2.12. The second-order valence-electron chi connectivity index (χ2n) is 4.28.